The number of H-pyrrole nitrogens is 1. The zero-order valence-corrected chi connectivity index (χ0v) is 13.0. The number of pyridine rings is 1. The summed E-state index contributed by atoms with van der Waals surface area (Å²) in [6, 6.07) is 6.12. The molecule has 0 aromatic carbocycles. The highest BCUT2D eigenvalue weighted by atomic mass is 15.3. The molecule has 3 aromatic rings. The molecule has 1 saturated heterocycles. The van der Waals surface area contributed by atoms with Crippen molar-refractivity contribution in [2.45, 2.75) is 31.3 Å². The van der Waals surface area contributed by atoms with Gasteiger partial charge in [-0.05, 0) is 38.0 Å². The highest BCUT2D eigenvalue weighted by Gasteiger charge is 2.41. The van der Waals surface area contributed by atoms with Crippen LogP contribution in [0.1, 0.15) is 25.5 Å². The van der Waals surface area contributed by atoms with Crippen LogP contribution >= 0.6 is 0 Å². The Balaban J connectivity index is 1.88. The van der Waals surface area contributed by atoms with Crippen molar-refractivity contribution >= 4 is 16.7 Å². The molecule has 7 heteroatoms. The van der Waals surface area contributed by atoms with E-state index in [0.29, 0.717) is 0 Å². The minimum atomic E-state index is -0.299. The maximum atomic E-state index is 6.26. The predicted octanol–water partition coefficient (Wildman–Crippen LogP) is 1.59. The van der Waals surface area contributed by atoms with Crippen LogP contribution in [0.25, 0.3) is 10.9 Å². The molecular weight excluding hydrogens is 290 g/mol. The number of rotatable bonds is 2. The van der Waals surface area contributed by atoms with Crippen LogP contribution in [-0.4, -0.2) is 38.0 Å². The van der Waals surface area contributed by atoms with E-state index in [1.165, 1.54) is 0 Å². The van der Waals surface area contributed by atoms with Crippen LogP contribution in [-0.2, 0) is 5.54 Å². The van der Waals surface area contributed by atoms with Gasteiger partial charge in [0.05, 0.1) is 22.9 Å². The van der Waals surface area contributed by atoms with Gasteiger partial charge in [-0.15, -0.1) is 5.10 Å². The normalized spacial score (nSPS) is 25.0. The molecule has 1 fully saturated rings. The number of hydrogen-bond acceptors (Lipinski definition) is 6. The Labute approximate surface area is 133 Å². The molecule has 1 aliphatic rings. The Morgan fingerprint density at radius 1 is 1.35 bits per heavy atom. The summed E-state index contributed by atoms with van der Waals surface area (Å²) in [6.07, 6.45) is 6.99. The summed E-state index contributed by atoms with van der Waals surface area (Å²) in [5.74, 6) is 0.847. The molecule has 0 radical (unpaired) electrons. The van der Waals surface area contributed by atoms with Gasteiger partial charge in [0.15, 0.2) is 5.82 Å². The summed E-state index contributed by atoms with van der Waals surface area (Å²) in [6.45, 7) is 3.00. The first kappa shape index (κ1) is 14.1. The van der Waals surface area contributed by atoms with Crippen molar-refractivity contribution < 1.29 is 0 Å². The first-order chi connectivity index (χ1) is 11.2. The lowest BCUT2D eigenvalue weighted by Crippen LogP contribution is -2.54. The SMILES string of the molecule is CC1(c2ccn[nH]2)CC(N)CCN1c1nncc2ncccc12. The van der Waals surface area contributed by atoms with Gasteiger partial charge >= 0.3 is 0 Å². The monoisotopic (exact) mass is 309 g/mol. The Hall–Kier alpha value is -2.54. The van der Waals surface area contributed by atoms with Crippen LogP contribution in [0.3, 0.4) is 0 Å². The van der Waals surface area contributed by atoms with Gasteiger partial charge in [-0.1, -0.05) is 0 Å². The molecular formula is C16H19N7. The molecule has 2 unspecified atom stereocenters. The van der Waals surface area contributed by atoms with E-state index in [-0.39, 0.29) is 11.6 Å². The Morgan fingerprint density at radius 3 is 3.09 bits per heavy atom. The summed E-state index contributed by atoms with van der Waals surface area (Å²) in [5.41, 5.74) is 7.85. The predicted molar refractivity (Wildman–Crippen MR) is 87.8 cm³/mol. The van der Waals surface area contributed by atoms with Crippen molar-refractivity contribution in [2.75, 3.05) is 11.4 Å². The fraction of sp³-hybridized carbons (Fsp3) is 0.375. The molecule has 3 aromatic heterocycles. The van der Waals surface area contributed by atoms with Gasteiger partial charge in [0, 0.05) is 30.4 Å². The van der Waals surface area contributed by atoms with Crippen LogP contribution < -0.4 is 10.6 Å². The second kappa shape index (κ2) is 5.27. The van der Waals surface area contributed by atoms with Crippen molar-refractivity contribution in [3.8, 4) is 0 Å². The van der Waals surface area contributed by atoms with E-state index in [9.17, 15) is 0 Å². The minimum absolute atomic E-state index is 0.153. The van der Waals surface area contributed by atoms with Crippen molar-refractivity contribution in [1.29, 1.82) is 0 Å². The Bertz CT molecular complexity index is 811. The van der Waals surface area contributed by atoms with Crippen LogP contribution in [0, 0.1) is 0 Å². The van der Waals surface area contributed by atoms with Gasteiger partial charge in [0.1, 0.15) is 0 Å². The van der Waals surface area contributed by atoms with Crippen molar-refractivity contribution in [1.82, 2.24) is 25.4 Å². The lowest BCUT2D eigenvalue weighted by molar-refractivity contribution is 0.301. The summed E-state index contributed by atoms with van der Waals surface area (Å²) < 4.78 is 0. The third kappa shape index (κ3) is 2.24. The molecule has 0 saturated carbocycles. The van der Waals surface area contributed by atoms with E-state index in [0.717, 1.165) is 41.8 Å². The maximum Gasteiger partial charge on any atom is 0.161 e. The number of aromatic amines is 1. The fourth-order valence-corrected chi connectivity index (χ4v) is 3.52. The number of anilines is 1. The van der Waals surface area contributed by atoms with Crippen LogP contribution in [0.15, 0.2) is 36.8 Å². The molecule has 4 rings (SSSR count). The summed E-state index contributed by atoms with van der Waals surface area (Å²) in [5, 5.41) is 16.8. The molecule has 1 aliphatic heterocycles. The van der Waals surface area contributed by atoms with E-state index in [4.69, 9.17) is 5.73 Å². The highest BCUT2D eigenvalue weighted by Crippen LogP contribution is 2.40. The third-order valence-electron chi connectivity index (χ3n) is 4.73. The zero-order valence-electron chi connectivity index (χ0n) is 13.0. The minimum Gasteiger partial charge on any atom is -0.343 e. The van der Waals surface area contributed by atoms with Gasteiger partial charge in [0.25, 0.3) is 0 Å². The summed E-state index contributed by atoms with van der Waals surface area (Å²) >= 11 is 0. The lowest BCUT2D eigenvalue weighted by Gasteiger charge is -2.47. The molecule has 0 bridgehead atoms. The van der Waals surface area contributed by atoms with E-state index in [1.54, 1.807) is 18.6 Å². The first-order valence-corrected chi connectivity index (χ1v) is 7.78. The van der Waals surface area contributed by atoms with Gasteiger partial charge < -0.3 is 10.6 Å². The largest absolute Gasteiger partial charge is 0.343 e. The van der Waals surface area contributed by atoms with Gasteiger partial charge in [-0.25, -0.2) is 0 Å². The fourth-order valence-electron chi connectivity index (χ4n) is 3.52. The van der Waals surface area contributed by atoms with E-state index in [2.05, 4.69) is 37.2 Å². The molecule has 2 atom stereocenters. The van der Waals surface area contributed by atoms with Gasteiger partial charge in [-0.3, -0.25) is 10.1 Å². The van der Waals surface area contributed by atoms with Crippen molar-refractivity contribution in [3.05, 3.63) is 42.5 Å². The molecule has 7 nitrogen and oxygen atoms in total. The number of fused-ring (bicyclic) bond motifs is 1. The van der Waals surface area contributed by atoms with Crippen LogP contribution in [0.5, 0.6) is 0 Å². The number of nitrogens with zero attached hydrogens (tertiary/aromatic N) is 5. The van der Waals surface area contributed by atoms with Gasteiger partial charge in [0.2, 0.25) is 0 Å². The van der Waals surface area contributed by atoms with Crippen LogP contribution in [0.2, 0.25) is 0 Å². The van der Waals surface area contributed by atoms with E-state index >= 15 is 0 Å². The number of piperidine rings is 1. The molecule has 0 spiro atoms. The molecule has 3 N–H and O–H groups in total. The molecule has 118 valence electrons. The Kier molecular flexibility index (Phi) is 3.23. The van der Waals surface area contributed by atoms with Crippen molar-refractivity contribution in [2.24, 2.45) is 5.73 Å². The number of nitrogens with one attached hydrogen (secondary N) is 1. The average molecular weight is 309 g/mol. The highest BCUT2D eigenvalue weighted by molar-refractivity contribution is 5.88. The third-order valence-corrected chi connectivity index (χ3v) is 4.73. The Morgan fingerprint density at radius 2 is 2.26 bits per heavy atom. The standard InChI is InChI=1S/C16H19N7/c1-16(14-4-7-19-21-14)9-11(17)5-8-23(16)15-12-3-2-6-18-13(12)10-20-22-15/h2-4,6-7,10-11H,5,8-9,17H2,1H3,(H,19,21). The van der Waals surface area contributed by atoms with E-state index < -0.39 is 0 Å². The average Bonchev–Trinajstić information content (AvgIpc) is 3.10. The maximum absolute atomic E-state index is 6.26. The number of nitrogens with two attached hydrogens (primary N) is 1. The quantitative estimate of drug-likeness (QED) is 0.746. The van der Waals surface area contributed by atoms with Gasteiger partial charge in [-0.2, -0.15) is 10.2 Å². The molecule has 4 heterocycles. The second-order valence-corrected chi connectivity index (χ2v) is 6.25. The molecule has 0 amide bonds. The van der Waals surface area contributed by atoms with E-state index in [1.807, 2.05) is 18.2 Å². The number of aromatic nitrogens is 5. The second-order valence-electron chi connectivity index (χ2n) is 6.25. The first-order valence-electron chi connectivity index (χ1n) is 7.78. The summed E-state index contributed by atoms with van der Waals surface area (Å²) in [7, 11) is 0. The molecule has 0 aliphatic carbocycles. The summed E-state index contributed by atoms with van der Waals surface area (Å²) in [4.78, 5) is 6.67. The topological polar surface area (TPSA) is 96.6 Å². The zero-order chi connectivity index (χ0) is 15.9. The number of hydrogen-bond donors (Lipinski definition) is 2. The van der Waals surface area contributed by atoms with Crippen LogP contribution in [0.4, 0.5) is 5.82 Å². The van der Waals surface area contributed by atoms with Crippen molar-refractivity contribution in [3.63, 3.8) is 0 Å². The smallest absolute Gasteiger partial charge is 0.161 e. The lowest BCUT2D eigenvalue weighted by atomic mass is 9.83. The molecule has 23 heavy (non-hydrogen) atoms.